The average Bonchev–Trinajstić information content (AvgIpc) is 1.99. The van der Waals surface area contributed by atoms with Gasteiger partial charge in [0.1, 0.15) is 0 Å². The minimum atomic E-state index is -0.402. The summed E-state index contributed by atoms with van der Waals surface area (Å²) in [5.74, 6) is -0.233. The normalized spacial score (nSPS) is 9.82. The molecule has 1 aromatic carbocycles. The fraction of sp³-hybridized carbons (Fsp3) is 0.143. The molecule has 60 valence electrons. The fourth-order valence-electron chi connectivity index (χ4n) is 0.717. The van der Waals surface area contributed by atoms with Gasteiger partial charge in [-0.2, -0.15) is 0 Å². The van der Waals surface area contributed by atoms with Crippen LogP contribution in [0.2, 0.25) is 0 Å². The first kappa shape index (κ1) is 8.87. The van der Waals surface area contributed by atoms with Gasteiger partial charge in [-0.05, 0) is 28.1 Å². The number of benzene rings is 1. The van der Waals surface area contributed by atoms with Crippen LogP contribution in [-0.2, 0) is 0 Å². The van der Waals surface area contributed by atoms with E-state index in [1.165, 1.54) is 13.2 Å². The number of hydrogen-bond acceptors (Lipinski definition) is 2. The van der Waals surface area contributed by atoms with Gasteiger partial charge in [-0.25, -0.2) is 4.39 Å². The molecule has 0 saturated heterocycles. The summed E-state index contributed by atoms with van der Waals surface area (Å²) in [5.41, 5.74) is 0. The lowest BCUT2D eigenvalue weighted by Crippen LogP contribution is -1.89. The van der Waals surface area contributed by atoms with Crippen LogP contribution in [0, 0.1) is 5.82 Å². The molecule has 0 N–H and O–H groups in total. The summed E-state index contributed by atoms with van der Waals surface area (Å²) >= 11 is 7.25. The van der Waals surface area contributed by atoms with Crippen LogP contribution >= 0.6 is 28.6 Å². The molecule has 0 atom stereocenters. The van der Waals surface area contributed by atoms with Crippen LogP contribution in [0.5, 0.6) is 5.75 Å². The molecule has 0 bridgehead atoms. The Hall–Kier alpha value is -0.220. The van der Waals surface area contributed by atoms with Crippen LogP contribution in [0.4, 0.5) is 4.39 Å². The Balaban J connectivity index is 3.29. The van der Waals surface area contributed by atoms with Crippen molar-refractivity contribution in [2.45, 2.75) is 4.90 Å². The van der Waals surface area contributed by atoms with E-state index < -0.39 is 5.82 Å². The van der Waals surface area contributed by atoms with E-state index in [4.69, 9.17) is 4.74 Å². The molecular formula is C7H6BrFOS. The second-order valence-corrected chi connectivity index (χ2v) is 3.21. The maximum atomic E-state index is 12.8. The Morgan fingerprint density at radius 3 is 2.64 bits per heavy atom. The zero-order chi connectivity index (χ0) is 8.43. The minimum Gasteiger partial charge on any atom is -0.492 e. The number of halogens is 2. The van der Waals surface area contributed by atoms with Gasteiger partial charge < -0.3 is 4.74 Å². The van der Waals surface area contributed by atoms with Crippen LogP contribution in [0.1, 0.15) is 0 Å². The highest BCUT2D eigenvalue weighted by Gasteiger charge is 2.08. The zero-order valence-electron chi connectivity index (χ0n) is 5.77. The van der Waals surface area contributed by atoms with Gasteiger partial charge >= 0.3 is 0 Å². The van der Waals surface area contributed by atoms with Crippen molar-refractivity contribution in [1.29, 1.82) is 0 Å². The van der Waals surface area contributed by atoms with Gasteiger partial charge in [0, 0.05) is 4.47 Å². The van der Waals surface area contributed by atoms with Crippen LogP contribution in [-0.4, -0.2) is 7.11 Å². The summed E-state index contributed by atoms with van der Waals surface area (Å²) in [5, 5.41) is 0. The Morgan fingerprint density at radius 2 is 2.18 bits per heavy atom. The van der Waals surface area contributed by atoms with E-state index in [9.17, 15) is 4.39 Å². The molecule has 0 aromatic heterocycles. The van der Waals surface area contributed by atoms with Crippen LogP contribution in [0.3, 0.4) is 0 Å². The first-order valence-corrected chi connectivity index (χ1v) is 4.11. The first-order valence-electron chi connectivity index (χ1n) is 2.87. The summed E-state index contributed by atoms with van der Waals surface area (Å²) in [6.07, 6.45) is 0. The minimum absolute atomic E-state index is 0.169. The van der Waals surface area contributed by atoms with Crippen molar-refractivity contribution in [3.8, 4) is 5.75 Å². The van der Waals surface area contributed by atoms with E-state index in [1.807, 2.05) is 0 Å². The highest BCUT2D eigenvalue weighted by atomic mass is 79.9. The maximum absolute atomic E-state index is 12.8. The van der Waals surface area contributed by atoms with Crippen molar-refractivity contribution in [2.24, 2.45) is 0 Å². The Bertz CT molecular complexity index is 277. The second-order valence-electron chi connectivity index (χ2n) is 1.91. The third-order valence-electron chi connectivity index (χ3n) is 1.24. The van der Waals surface area contributed by atoms with E-state index in [1.54, 1.807) is 6.07 Å². The monoisotopic (exact) mass is 236 g/mol. The molecule has 0 aliphatic rings. The van der Waals surface area contributed by atoms with Crippen molar-refractivity contribution in [3.05, 3.63) is 22.4 Å². The van der Waals surface area contributed by atoms with E-state index >= 15 is 0 Å². The molecule has 0 unspecified atom stereocenters. The molecule has 0 amide bonds. The molecule has 0 saturated carbocycles. The topological polar surface area (TPSA) is 9.23 Å². The van der Waals surface area contributed by atoms with Gasteiger partial charge in [-0.15, -0.1) is 12.6 Å². The molecule has 0 spiro atoms. The number of rotatable bonds is 1. The van der Waals surface area contributed by atoms with E-state index in [0.717, 1.165) is 4.47 Å². The Kier molecular flexibility index (Phi) is 2.78. The number of ether oxygens (including phenoxy) is 1. The third-order valence-corrected chi connectivity index (χ3v) is 2.65. The summed E-state index contributed by atoms with van der Waals surface area (Å²) in [7, 11) is 1.41. The molecule has 0 fully saturated rings. The van der Waals surface area contributed by atoms with Gasteiger partial charge in [0.05, 0.1) is 12.0 Å². The highest BCUT2D eigenvalue weighted by Crippen LogP contribution is 2.32. The lowest BCUT2D eigenvalue weighted by Gasteiger charge is -2.05. The predicted molar refractivity (Wildman–Crippen MR) is 47.9 cm³/mol. The molecule has 1 nitrogen and oxygen atoms in total. The van der Waals surface area contributed by atoms with E-state index in [2.05, 4.69) is 28.6 Å². The maximum Gasteiger partial charge on any atom is 0.168 e. The smallest absolute Gasteiger partial charge is 0.168 e. The first-order chi connectivity index (χ1) is 5.16. The molecule has 0 radical (unpaired) electrons. The third kappa shape index (κ3) is 1.68. The quantitative estimate of drug-likeness (QED) is 0.739. The largest absolute Gasteiger partial charge is 0.492 e. The van der Waals surface area contributed by atoms with Crippen molar-refractivity contribution in [2.75, 3.05) is 7.11 Å². The lowest BCUT2D eigenvalue weighted by atomic mass is 10.3. The molecular weight excluding hydrogens is 231 g/mol. The SMILES string of the molecule is COc1c(F)ccc(Br)c1S. The standard InChI is InChI=1S/C7H6BrFOS/c1-10-6-5(9)3-2-4(8)7(6)11/h2-3,11H,1H3. The number of methoxy groups -OCH3 is 1. The molecule has 1 rings (SSSR count). The Morgan fingerprint density at radius 1 is 1.55 bits per heavy atom. The molecule has 0 heterocycles. The zero-order valence-corrected chi connectivity index (χ0v) is 8.25. The highest BCUT2D eigenvalue weighted by molar-refractivity contribution is 9.10. The van der Waals surface area contributed by atoms with Gasteiger partial charge in [0.25, 0.3) is 0 Å². The van der Waals surface area contributed by atoms with Gasteiger partial charge in [0.2, 0.25) is 0 Å². The summed E-state index contributed by atoms with van der Waals surface area (Å²) < 4.78 is 18.3. The molecule has 0 aliphatic carbocycles. The number of hydrogen-bond donors (Lipinski definition) is 1. The van der Waals surface area contributed by atoms with E-state index in [0.29, 0.717) is 4.90 Å². The number of thiol groups is 1. The lowest BCUT2D eigenvalue weighted by molar-refractivity contribution is 0.376. The average molecular weight is 237 g/mol. The van der Waals surface area contributed by atoms with E-state index in [-0.39, 0.29) is 5.75 Å². The van der Waals surface area contributed by atoms with Crippen molar-refractivity contribution in [3.63, 3.8) is 0 Å². The second kappa shape index (κ2) is 3.45. The summed E-state index contributed by atoms with van der Waals surface area (Å²) in [6.45, 7) is 0. The Labute approximate surface area is 78.1 Å². The molecule has 0 aliphatic heterocycles. The van der Waals surface area contributed by atoms with Crippen molar-refractivity contribution in [1.82, 2.24) is 0 Å². The predicted octanol–water partition coefficient (Wildman–Crippen LogP) is 2.89. The van der Waals surface area contributed by atoms with Gasteiger partial charge in [0.15, 0.2) is 11.6 Å². The van der Waals surface area contributed by atoms with Crippen LogP contribution in [0.15, 0.2) is 21.5 Å². The van der Waals surface area contributed by atoms with Gasteiger partial charge in [-0.3, -0.25) is 0 Å². The molecule has 4 heteroatoms. The van der Waals surface area contributed by atoms with Crippen molar-refractivity contribution >= 4 is 28.6 Å². The molecule has 1 aromatic rings. The van der Waals surface area contributed by atoms with Crippen molar-refractivity contribution < 1.29 is 9.13 Å². The molecule has 11 heavy (non-hydrogen) atoms. The fourth-order valence-corrected chi connectivity index (χ4v) is 1.30. The van der Waals surface area contributed by atoms with Crippen LogP contribution < -0.4 is 4.74 Å². The summed E-state index contributed by atoms with van der Waals surface area (Å²) in [6, 6.07) is 2.91. The summed E-state index contributed by atoms with van der Waals surface area (Å²) in [4.78, 5) is 0.479. The van der Waals surface area contributed by atoms with Crippen LogP contribution in [0.25, 0.3) is 0 Å². The van der Waals surface area contributed by atoms with Gasteiger partial charge in [-0.1, -0.05) is 0 Å².